The van der Waals surface area contributed by atoms with E-state index < -0.39 is 0 Å². The summed E-state index contributed by atoms with van der Waals surface area (Å²) in [6.07, 6.45) is 12.5. The second-order valence-electron chi connectivity index (χ2n) is 6.01. The largest absolute Gasteiger partial charge is 0.300 e. The molecule has 112 valence electrons. The first-order chi connectivity index (χ1) is 9.04. The van der Waals surface area contributed by atoms with E-state index in [9.17, 15) is 9.59 Å². The van der Waals surface area contributed by atoms with Crippen molar-refractivity contribution in [1.82, 2.24) is 0 Å². The summed E-state index contributed by atoms with van der Waals surface area (Å²) in [5, 5.41) is 0. The number of ketones is 2. The molecule has 0 rings (SSSR count). The minimum atomic E-state index is 0.204. The molecule has 0 aromatic heterocycles. The molecule has 0 aliphatic rings. The molecule has 0 radical (unpaired) electrons. The number of unbranched alkanes of at least 4 members (excludes halogenated alkanes) is 8. The van der Waals surface area contributed by atoms with E-state index in [2.05, 4.69) is 0 Å². The zero-order valence-corrected chi connectivity index (χ0v) is 13.2. The second kappa shape index (κ2) is 12.4. The van der Waals surface area contributed by atoms with Crippen LogP contribution >= 0.6 is 0 Å². The van der Waals surface area contributed by atoms with Crippen LogP contribution in [-0.2, 0) is 9.59 Å². The van der Waals surface area contributed by atoms with Crippen LogP contribution < -0.4 is 0 Å². The fourth-order valence-electron chi connectivity index (χ4n) is 2.20. The Kier molecular flexibility index (Phi) is 11.9. The molecule has 0 heterocycles. The van der Waals surface area contributed by atoms with E-state index in [0.717, 1.165) is 25.7 Å². The molecule has 2 nitrogen and oxygen atoms in total. The maximum absolute atomic E-state index is 11.4. The van der Waals surface area contributed by atoms with Gasteiger partial charge in [0, 0.05) is 18.8 Å². The van der Waals surface area contributed by atoms with Gasteiger partial charge in [0.2, 0.25) is 0 Å². The Balaban J connectivity index is 3.11. The normalized spacial score (nSPS) is 10.9. The fraction of sp³-hybridized carbons (Fsp3) is 0.882. The summed E-state index contributed by atoms with van der Waals surface area (Å²) >= 11 is 0. The van der Waals surface area contributed by atoms with Crippen molar-refractivity contribution in [2.45, 2.75) is 91.4 Å². The fourth-order valence-corrected chi connectivity index (χ4v) is 2.20. The third-order valence-corrected chi connectivity index (χ3v) is 3.60. The Labute approximate surface area is 119 Å². The monoisotopic (exact) mass is 268 g/mol. The maximum Gasteiger partial charge on any atom is 0.135 e. The molecule has 19 heavy (non-hydrogen) atoms. The van der Waals surface area contributed by atoms with Crippen LogP contribution in [0.2, 0.25) is 0 Å². The van der Waals surface area contributed by atoms with Crippen LogP contribution in [0.5, 0.6) is 0 Å². The van der Waals surface area contributed by atoms with Gasteiger partial charge in [0.25, 0.3) is 0 Å². The molecule has 0 saturated heterocycles. The summed E-state index contributed by atoms with van der Waals surface area (Å²) in [6, 6.07) is 0. The van der Waals surface area contributed by atoms with Crippen molar-refractivity contribution in [1.29, 1.82) is 0 Å². The summed E-state index contributed by atoms with van der Waals surface area (Å²) in [5.74, 6) is 0.927. The van der Waals surface area contributed by atoms with Gasteiger partial charge in [0.1, 0.15) is 11.6 Å². The highest BCUT2D eigenvalue weighted by Gasteiger charge is 2.05. The lowest BCUT2D eigenvalue weighted by Gasteiger charge is -2.04. The standard InChI is InChI=1S/C17H32O2/c1-15(2)17(19)14-12-10-8-6-4-5-7-9-11-13-16(3)18/h15H,4-14H2,1-3H3. The van der Waals surface area contributed by atoms with Gasteiger partial charge in [-0.05, 0) is 19.8 Å². The Bertz CT molecular complexity index is 244. The van der Waals surface area contributed by atoms with Gasteiger partial charge < -0.3 is 4.79 Å². The topological polar surface area (TPSA) is 34.1 Å². The quantitative estimate of drug-likeness (QED) is 0.436. The van der Waals surface area contributed by atoms with Crippen LogP contribution in [0, 0.1) is 5.92 Å². The van der Waals surface area contributed by atoms with Crippen molar-refractivity contribution in [3.63, 3.8) is 0 Å². The van der Waals surface area contributed by atoms with Crippen molar-refractivity contribution in [3.8, 4) is 0 Å². The second-order valence-corrected chi connectivity index (χ2v) is 6.01. The first-order valence-corrected chi connectivity index (χ1v) is 8.06. The van der Waals surface area contributed by atoms with E-state index in [1.807, 2.05) is 13.8 Å². The molecule has 0 bridgehead atoms. The number of hydrogen-bond donors (Lipinski definition) is 0. The third-order valence-electron chi connectivity index (χ3n) is 3.60. The molecule has 0 aromatic carbocycles. The van der Waals surface area contributed by atoms with Crippen LogP contribution in [0.3, 0.4) is 0 Å². The van der Waals surface area contributed by atoms with E-state index in [0.29, 0.717) is 11.6 Å². The summed E-state index contributed by atoms with van der Waals surface area (Å²) in [4.78, 5) is 22.1. The van der Waals surface area contributed by atoms with Gasteiger partial charge in [-0.3, -0.25) is 4.79 Å². The van der Waals surface area contributed by atoms with Gasteiger partial charge in [-0.1, -0.05) is 58.8 Å². The zero-order valence-electron chi connectivity index (χ0n) is 13.2. The van der Waals surface area contributed by atoms with Gasteiger partial charge in [-0.2, -0.15) is 0 Å². The third kappa shape index (κ3) is 13.6. The van der Waals surface area contributed by atoms with Gasteiger partial charge in [-0.15, -0.1) is 0 Å². The molecule has 0 aliphatic carbocycles. The van der Waals surface area contributed by atoms with E-state index >= 15 is 0 Å². The molecule has 0 aliphatic heterocycles. The lowest BCUT2D eigenvalue weighted by molar-refractivity contribution is -0.122. The molecule has 0 unspecified atom stereocenters. The lowest BCUT2D eigenvalue weighted by Crippen LogP contribution is -2.05. The number of hydrogen-bond acceptors (Lipinski definition) is 2. The molecule has 0 amide bonds. The van der Waals surface area contributed by atoms with E-state index in [1.165, 1.54) is 44.9 Å². The zero-order chi connectivity index (χ0) is 14.5. The Morgan fingerprint density at radius 3 is 1.42 bits per heavy atom. The van der Waals surface area contributed by atoms with E-state index in [4.69, 9.17) is 0 Å². The average molecular weight is 268 g/mol. The molecule has 0 atom stereocenters. The highest BCUT2D eigenvalue weighted by atomic mass is 16.1. The van der Waals surface area contributed by atoms with Gasteiger partial charge in [0.15, 0.2) is 0 Å². The molecule has 0 N–H and O–H groups in total. The average Bonchev–Trinajstić information content (AvgIpc) is 2.35. The molecule has 0 fully saturated rings. The molecular weight excluding hydrogens is 236 g/mol. The number of carbonyl (C=O) groups is 2. The van der Waals surface area contributed by atoms with Crippen LogP contribution in [0.25, 0.3) is 0 Å². The predicted molar refractivity (Wildman–Crippen MR) is 81.3 cm³/mol. The minimum Gasteiger partial charge on any atom is -0.300 e. The van der Waals surface area contributed by atoms with Gasteiger partial charge >= 0.3 is 0 Å². The Hall–Kier alpha value is -0.660. The molecular formula is C17H32O2. The highest BCUT2D eigenvalue weighted by Crippen LogP contribution is 2.12. The maximum atomic E-state index is 11.4. The summed E-state index contributed by atoms with van der Waals surface area (Å²) < 4.78 is 0. The molecule has 0 saturated carbocycles. The SMILES string of the molecule is CC(=O)CCCCCCCCCCCC(=O)C(C)C. The van der Waals surface area contributed by atoms with Crippen LogP contribution in [0.1, 0.15) is 91.4 Å². The Morgan fingerprint density at radius 2 is 1.05 bits per heavy atom. The summed E-state index contributed by atoms with van der Waals surface area (Å²) in [6.45, 7) is 5.63. The van der Waals surface area contributed by atoms with Crippen LogP contribution in [0.15, 0.2) is 0 Å². The Morgan fingerprint density at radius 1 is 0.684 bits per heavy atom. The lowest BCUT2D eigenvalue weighted by atomic mass is 10.0. The summed E-state index contributed by atoms with van der Waals surface area (Å²) in [5.41, 5.74) is 0. The minimum absolute atomic E-state index is 0.204. The summed E-state index contributed by atoms with van der Waals surface area (Å²) in [7, 11) is 0. The van der Waals surface area contributed by atoms with E-state index in [1.54, 1.807) is 6.92 Å². The van der Waals surface area contributed by atoms with Gasteiger partial charge in [-0.25, -0.2) is 0 Å². The van der Waals surface area contributed by atoms with E-state index in [-0.39, 0.29) is 5.92 Å². The van der Waals surface area contributed by atoms with Crippen molar-refractivity contribution in [3.05, 3.63) is 0 Å². The first kappa shape index (κ1) is 18.3. The highest BCUT2D eigenvalue weighted by molar-refractivity contribution is 5.80. The number of carbonyl (C=O) groups excluding carboxylic acids is 2. The predicted octanol–water partition coefficient (Wildman–Crippen LogP) is 5.09. The number of rotatable bonds is 13. The first-order valence-electron chi connectivity index (χ1n) is 8.06. The van der Waals surface area contributed by atoms with Crippen molar-refractivity contribution in [2.24, 2.45) is 5.92 Å². The van der Waals surface area contributed by atoms with Crippen molar-refractivity contribution < 1.29 is 9.59 Å². The van der Waals surface area contributed by atoms with Crippen LogP contribution in [0.4, 0.5) is 0 Å². The van der Waals surface area contributed by atoms with Gasteiger partial charge in [0.05, 0.1) is 0 Å². The smallest absolute Gasteiger partial charge is 0.135 e. The van der Waals surface area contributed by atoms with Crippen molar-refractivity contribution in [2.75, 3.05) is 0 Å². The van der Waals surface area contributed by atoms with Crippen molar-refractivity contribution >= 4 is 11.6 Å². The molecule has 0 spiro atoms. The molecule has 0 aromatic rings. The molecule has 2 heteroatoms. The number of Topliss-reactive ketones (excluding diaryl/α,β-unsaturated/α-hetero) is 2. The van der Waals surface area contributed by atoms with Crippen LogP contribution in [-0.4, -0.2) is 11.6 Å².